The molecule has 0 aromatic rings. The van der Waals surface area contributed by atoms with Gasteiger partial charge in [-0.15, -0.1) is 11.6 Å². The molecule has 1 aliphatic heterocycles. The largest absolute Gasteiger partial charge is 0.374 e. The monoisotopic (exact) mass is 217 g/mol. The third-order valence-electron chi connectivity index (χ3n) is 3.17. The summed E-state index contributed by atoms with van der Waals surface area (Å²) in [7, 11) is 0. The van der Waals surface area contributed by atoms with Gasteiger partial charge < -0.3 is 9.64 Å². The summed E-state index contributed by atoms with van der Waals surface area (Å²) in [6.45, 7) is 1.39. The van der Waals surface area contributed by atoms with Crippen LogP contribution in [-0.2, 0) is 9.53 Å². The van der Waals surface area contributed by atoms with Crippen molar-refractivity contribution in [1.82, 2.24) is 4.90 Å². The number of fused-ring (bicyclic) bond motifs is 1. The SMILES string of the molecule is O=C(CCl)N1CCO[C@H]2CCCC[C@@H]21. The maximum Gasteiger partial charge on any atom is 0.237 e. The van der Waals surface area contributed by atoms with Gasteiger partial charge in [-0.25, -0.2) is 0 Å². The van der Waals surface area contributed by atoms with Gasteiger partial charge in [0.25, 0.3) is 0 Å². The number of alkyl halides is 1. The molecule has 0 spiro atoms. The van der Waals surface area contributed by atoms with Crippen molar-refractivity contribution in [1.29, 1.82) is 0 Å². The van der Waals surface area contributed by atoms with Crippen molar-refractivity contribution in [3.05, 3.63) is 0 Å². The van der Waals surface area contributed by atoms with E-state index < -0.39 is 0 Å². The average molecular weight is 218 g/mol. The first-order chi connectivity index (χ1) is 6.83. The second kappa shape index (κ2) is 4.49. The van der Waals surface area contributed by atoms with E-state index in [1.54, 1.807) is 0 Å². The molecule has 0 unspecified atom stereocenters. The van der Waals surface area contributed by atoms with Gasteiger partial charge in [0.1, 0.15) is 5.88 Å². The summed E-state index contributed by atoms with van der Waals surface area (Å²) in [5, 5.41) is 0. The van der Waals surface area contributed by atoms with Crippen LogP contribution in [0, 0.1) is 0 Å². The molecular formula is C10H16ClNO2. The Morgan fingerprint density at radius 2 is 2.21 bits per heavy atom. The summed E-state index contributed by atoms with van der Waals surface area (Å²) in [5.41, 5.74) is 0. The van der Waals surface area contributed by atoms with Gasteiger partial charge in [-0.3, -0.25) is 4.79 Å². The molecule has 1 amide bonds. The van der Waals surface area contributed by atoms with Crippen molar-refractivity contribution in [2.24, 2.45) is 0 Å². The maximum absolute atomic E-state index is 11.6. The van der Waals surface area contributed by atoms with Crippen LogP contribution in [0.1, 0.15) is 25.7 Å². The highest BCUT2D eigenvalue weighted by Gasteiger charge is 2.36. The smallest absolute Gasteiger partial charge is 0.237 e. The number of nitrogens with zero attached hydrogens (tertiary/aromatic N) is 1. The Morgan fingerprint density at radius 3 is 3.00 bits per heavy atom. The van der Waals surface area contributed by atoms with Gasteiger partial charge in [-0.1, -0.05) is 12.8 Å². The molecule has 3 nitrogen and oxygen atoms in total. The summed E-state index contributed by atoms with van der Waals surface area (Å²) >= 11 is 5.58. The third-order valence-corrected chi connectivity index (χ3v) is 3.40. The normalized spacial score (nSPS) is 32.5. The van der Waals surface area contributed by atoms with Gasteiger partial charge in [0.2, 0.25) is 5.91 Å². The lowest BCUT2D eigenvalue weighted by molar-refractivity contribution is -0.146. The second-order valence-electron chi connectivity index (χ2n) is 3.98. The molecule has 0 aromatic carbocycles. The van der Waals surface area contributed by atoms with Crippen molar-refractivity contribution in [3.8, 4) is 0 Å². The standard InChI is InChI=1S/C10H16ClNO2/c11-7-10(13)12-5-6-14-9-4-2-1-3-8(9)12/h8-9H,1-7H2/t8-,9-/m0/s1. The number of rotatable bonds is 1. The van der Waals surface area contributed by atoms with Crippen LogP contribution in [0.4, 0.5) is 0 Å². The zero-order chi connectivity index (χ0) is 9.97. The lowest BCUT2D eigenvalue weighted by Crippen LogP contribution is -2.55. The Morgan fingerprint density at radius 1 is 1.43 bits per heavy atom. The quantitative estimate of drug-likeness (QED) is 0.622. The molecule has 2 rings (SSSR count). The minimum atomic E-state index is 0.0619. The van der Waals surface area contributed by atoms with Crippen molar-refractivity contribution < 1.29 is 9.53 Å². The molecule has 0 aromatic heterocycles. The molecule has 1 heterocycles. The highest BCUT2D eigenvalue weighted by atomic mass is 35.5. The first-order valence-electron chi connectivity index (χ1n) is 5.30. The fraction of sp³-hybridized carbons (Fsp3) is 0.900. The van der Waals surface area contributed by atoms with Gasteiger partial charge in [-0.05, 0) is 12.8 Å². The first-order valence-corrected chi connectivity index (χ1v) is 5.83. The Labute approximate surface area is 89.4 Å². The highest BCUT2D eigenvalue weighted by Crippen LogP contribution is 2.28. The van der Waals surface area contributed by atoms with E-state index in [-0.39, 0.29) is 17.9 Å². The fourth-order valence-corrected chi connectivity index (χ4v) is 2.64. The molecule has 0 radical (unpaired) electrons. The van der Waals surface area contributed by atoms with E-state index in [0.29, 0.717) is 19.2 Å². The Kier molecular flexibility index (Phi) is 3.29. The van der Waals surface area contributed by atoms with Crippen LogP contribution in [0.2, 0.25) is 0 Å². The second-order valence-corrected chi connectivity index (χ2v) is 4.25. The van der Waals surface area contributed by atoms with E-state index in [1.807, 2.05) is 4.90 Å². The molecule has 4 heteroatoms. The summed E-state index contributed by atoms with van der Waals surface area (Å²) in [5.74, 6) is 0.162. The van der Waals surface area contributed by atoms with Gasteiger partial charge in [-0.2, -0.15) is 0 Å². The van der Waals surface area contributed by atoms with Crippen LogP contribution < -0.4 is 0 Å². The van der Waals surface area contributed by atoms with Crippen LogP contribution in [0.15, 0.2) is 0 Å². The summed E-state index contributed by atoms with van der Waals surface area (Å²) in [6, 6.07) is 0.295. The van der Waals surface area contributed by atoms with Crippen LogP contribution in [0.3, 0.4) is 0 Å². The van der Waals surface area contributed by atoms with Gasteiger partial charge >= 0.3 is 0 Å². The fourth-order valence-electron chi connectivity index (χ4n) is 2.48. The first kappa shape index (κ1) is 10.2. The number of halogens is 1. The van der Waals surface area contributed by atoms with Crippen LogP contribution in [0.25, 0.3) is 0 Å². The average Bonchev–Trinajstić information content (AvgIpc) is 2.27. The number of carbonyl (C=O) groups is 1. The maximum atomic E-state index is 11.6. The molecule has 14 heavy (non-hydrogen) atoms. The lowest BCUT2D eigenvalue weighted by Gasteiger charge is -2.43. The zero-order valence-electron chi connectivity index (χ0n) is 8.25. The van der Waals surface area contributed by atoms with E-state index in [0.717, 1.165) is 12.8 Å². The predicted octanol–water partition coefficient (Wildman–Crippen LogP) is 1.40. The van der Waals surface area contributed by atoms with Crippen molar-refractivity contribution in [3.63, 3.8) is 0 Å². The molecule has 2 aliphatic rings. The predicted molar refractivity (Wildman–Crippen MR) is 54.4 cm³/mol. The Bertz CT molecular complexity index is 220. The van der Waals surface area contributed by atoms with E-state index >= 15 is 0 Å². The molecule has 1 saturated carbocycles. The van der Waals surface area contributed by atoms with Gasteiger partial charge in [0.05, 0.1) is 18.8 Å². The molecule has 80 valence electrons. The number of hydrogen-bond acceptors (Lipinski definition) is 2. The van der Waals surface area contributed by atoms with E-state index in [1.165, 1.54) is 12.8 Å². The van der Waals surface area contributed by atoms with Crippen molar-refractivity contribution in [2.75, 3.05) is 19.0 Å². The van der Waals surface area contributed by atoms with Crippen LogP contribution in [0.5, 0.6) is 0 Å². The lowest BCUT2D eigenvalue weighted by atomic mass is 9.90. The number of hydrogen-bond donors (Lipinski definition) is 0. The molecular weight excluding hydrogens is 202 g/mol. The minimum Gasteiger partial charge on any atom is -0.374 e. The van der Waals surface area contributed by atoms with Gasteiger partial charge in [0, 0.05) is 6.54 Å². The van der Waals surface area contributed by atoms with Crippen LogP contribution in [-0.4, -0.2) is 42.0 Å². The van der Waals surface area contributed by atoms with E-state index in [9.17, 15) is 4.79 Å². The number of amides is 1. The molecule has 1 aliphatic carbocycles. The van der Waals surface area contributed by atoms with E-state index in [4.69, 9.17) is 16.3 Å². The number of morpholine rings is 1. The van der Waals surface area contributed by atoms with Crippen LogP contribution >= 0.6 is 11.6 Å². The minimum absolute atomic E-state index is 0.0619. The summed E-state index contributed by atoms with van der Waals surface area (Å²) < 4.78 is 5.67. The van der Waals surface area contributed by atoms with Gasteiger partial charge in [0.15, 0.2) is 0 Å². The van der Waals surface area contributed by atoms with Crippen molar-refractivity contribution in [2.45, 2.75) is 37.8 Å². The van der Waals surface area contributed by atoms with E-state index in [2.05, 4.69) is 0 Å². The molecule has 0 N–H and O–H groups in total. The molecule has 1 saturated heterocycles. The molecule has 2 fully saturated rings. The number of carbonyl (C=O) groups excluding carboxylic acids is 1. The summed E-state index contributed by atoms with van der Waals surface area (Å²) in [6.07, 6.45) is 4.87. The Hall–Kier alpha value is -0.280. The number of ether oxygens (including phenoxy) is 1. The Balaban J connectivity index is 2.04. The third kappa shape index (κ3) is 1.89. The topological polar surface area (TPSA) is 29.5 Å². The molecule has 0 bridgehead atoms. The van der Waals surface area contributed by atoms with Crippen molar-refractivity contribution >= 4 is 17.5 Å². The summed E-state index contributed by atoms with van der Waals surface area (Å²) in [4.78, 5) is 13.5. The highest BCUT2D eigenvalue weighted by molar-refractivity contribution is 6.27. The zero-order valence-corrected chi connectivity index (χ0v) is 9.00. The molecule has 2 atom stereocenters.